The third kappa shape index (κ3) is 2.16. The fraction of sp³-hybridized carbons (Fsp3) is 0.583. The van der Waals surface area contributed by atoms with Crippen LogP contribution >= 0.6 is 0 Å². The highest BCUT2D eigenvalue weighted by Gasteiger charge is 2.44. The number of carbonyl (C=O) groups excluding carboxylic acids is 1. The molecule has 104 valence electrons. The highest BCUT2D eigenvalue weighted by molar-refractivity contribution is 5.82. The Balaban J connectivity index is 2.49. The Morgan fingerprint density at radius 2 is 2.26 bits per heavy atom. The van der Waals surface area contributed by atoms with Crippen LogP contribution < -0.4 is 0 Å². The minimum Gasteiger partial charge on any atom is -0.467 e. The van der Waals surface area contributed by atoms with Gasteiger partial charge in [-0.1, -0.05) is 13.8 Å². The molecule has 1 amide bonds. The van der Waals surface area contributed by atoms with Crippen LogP contribution in [0.1, 0.15) is 31.3 Å². The first kappa shape index (κ1) is 13.4. The van der Waals surface area contributed by atoms with E-state index in [1.807, 2.05) is 13.8 Å². The van der Waals surface area contributed by atoms with Crippen molar-refractivity contribution in [3.63, 3.8) is 0 Å². The lowest BCUT2D eigenvalue weighted by Crippen LogP contribution is -2.52. The molecule has 0 saturated heterocycles. The van der Waals surface area contributed by atoms with Gasteiger partial charge in [-0.25, -0.2) is 14.6 Å². The molecule has 0 fully saturated rings. The molecule has 0 bridgehead atoms. The number of hydrogen-bond donors (Lipinski definition) is 2. The lowest BCUT2D eigenvalue weighted by atomic mass is 9.89. The maximum atomic E-state index is 11.8. The van der Waals surface area contributed by atoms with Gasteiger partial charge in [0.15, 0.2) is 0 Å². The summed E-state index contributed by atoms with van der Waals surface area (Å²) < 4.78 is 4.71. The van der Waals surface area contributed by atoms with Crippen LogP contribution in [-0.4, -0.2) is 45.2 Å². The van der Waals surface area contributed by atoms with E-state index < -0.39 is 24.1 Å². The van der Waals surface area contributed by atoms with Crippen molar-refractivity contribution in [3.05, 3.63) is 17.7 Å². The summed E-state index contributed by atoms with van der Waals surface area (Å²) in [7, 11) is 1.26. The minimum absolute atomic E-state index is 0.00519. The largest absolute Gasteiger partial charge is 0.467 e. The number of ether oxygens (including phenoxy) is 1. The van der Waals surface area contributed by atoms with Gasteiger partial charge in [-0.2, -0.15) is 0 Å². The molecule has 7 heteroatoms. The Labute approximate surface area is 110 Å². The standard InChI is InChI=1S/C12H17N3O4/c1-6(2)10-9-7(13-5-14-9)4-8(11(16)19-3)15(10)12(17)18/h5-6,8,10H,4H2,1-3H3,(H,13,14)(H,17,18)/t8-,10?/m0/s1. The van der Waals surface area contributed by atoms with Gasteiger partial charge in [0.25, 0.3) is 0 Å². The van der Waals surface area contributed by atoms with E-state index in [1.165, 1.54) is 13.4 Å². The molecule has 0 radical (unpaired) electrons. The van der Waals surface area contributed by atoms with Gasteiger partial charge < -0.3 is 14.8 Å². The monoisotopic (exact) mass is 267 g/mol. The Hall–Kier alpha value is -2.05. The summed E-state index contributed by atoms with van der Waals surface area (Å²) in [4.78, 5) is 31.7. The number of amides is 1. The number of nitrogens with one attached hydrogen (secondary N) is 1. The molecule has 1 unspecified atom stereocenters. The fourth-order valence-electron chi connectivity index (χ4n) is 2.59. The van der Waals surface area contributed by atoms with Gasteiger partial charge in [-0.15, -0.1) is 0 Å². The normalized spacial score (nSPS) is 22.2. The number of hydrogen-bond acceptors (Lipinski definition) is 4. The predicted molar refractivity (Wildman–Crippen MR) is 65.5 cm³/mol. The van der Waals surface area contributed by atoms with Crippen LogP contribution in [0.15, 0.2) is 6.33 Å². The predicted octanol–water partition coefficient (Wildman–Crippen LogP) is 1.18. The Kier molecular flexibility index (Phi) is 3.46. The number of H-pyrrole nitrogens is 1. The van der Waals surface area contributed by atoms with Crippen molar-refractivity contribution in [1.29, 1.82) is 0 Å². The summed E-state index contributed by atoms with van der Waals surface area (Å²) in [5.41, 5.74) is 1.49. The Bertz CT molecular complexity index is 497. The maximum absolute atomic E-state index is 11.8. The van der Waals surface area contributed by atoms with E-state index in [4.69, 9.17) is 4.74 Å². The van der Waals surface area contributed by atoms with Crippen molar-refractivity contribution >= 4 is 12.1 Å². The van der Waals surface area contributed by atoms with E-state index in [0.29, 0.717) is 5.69 Å². The summed E-state index contributed by atoms with van der Waals surface area (Å²) in [6, 6.07) is -1.28. The second-order valence-electron chi connectivity index (χ2n) is 4.89. The van der Waals surface area contributed by atoms with Gasteiger partial charge in [-0.3, -0.25) is 4.90 Å². The molecule has 2 atom stereocenters. The van der Waals surface area contributed by atoms with Crippen molar-refractivity contribution in [2.75, 3.05) is 7.11 Å². The first-order chi connectivity index (χ1) is 8.97. The van der Waals surface area contributed by atoms with E-state index in [1.54, 1.807) is 0 Å². The number of esters is 1. The zero-order valence-corrected chi connectivity index (χ0v) is 11.1. The first-order valence-corrected chi connectivity index (χ1v) is 6.08. The molecular formula is C12H17N3O4. The smallest absolute Gasteiger partial charge is 0.408 e. The molecular weight excluding hydrogens is 250 g/mol. The number of nitrogens with zero attached hydrogens (tertiary/aromatic N) is 2. The number of aromatic amines is 1. The van der Waals surface area contributed by atoms with Crippen molar-refractivity contribution < 1.29 is 19.4 Å². The van der Waals surface area contributed by atoms with Crippen molar-refractivity contribution in [1.82, 2.24) is 14.9 Å². The average Bonchev–Trinajstić information content (AvgIpc) is 2.82. The van der Waals surface area contributed by atoms with Crippen molar-refractivity contribution in [2.45, 2.75) is 32.4 Å². The molecule has 19 heavy (non-hydrogen) atoms. The molecule has 2 heterocycles. The molecule has 1 aliphatic rings. The van der Waals surface area contributed by atoms with Crippen LogP contribution in [0.4, 0.5) is 4.79 Å². The zero-order chi connectivity index (χ0) is 14.2. The highest BCUT2D eigenvalue weighted by atomic mass is 16.5. The quantitative estimate of drug-likeness (QED) is 0.784. The number of aromatic nitrogens is 2. The molecule has 0 spiro atoms. The zero-order valence-electron chi connectivity index (χ0n) is 11.1. The highest BCUT2D eigenvalue weighted by Crippen LogP contribution is 2.36. The second-order valence-corrected chi connectivity index (χ2v) is 4.89. The van der Waals surface area contributed by atoms with Gasteiger partial charge in [0.2, 0.25) is 0 Å². The van der Waals surface area contributed by atoms with Crippen molar-refractivity contribution in [2.24, 2.45) is 5.92 Å². The first-order valence-electron chi connectivity index (χ1n) is 6.08. The maximum Gasteiger partial charge on any atom is 0.408 e. The Morgan fingerprint density at radius 1 is 1.58 bits per heavy atom. The third-order valence-electron chi connectivity index (χ3n) is 3.39. The Morgan fingerprint density at radius 3 is 2.79 bits per heavy atom. The number of fused-ring (bicyclic) bond motifs is 1. The van der Waals surface area contributed by atoms with E-state index in [-0.39, 0.29) is 12.3 Å². The van der Waals surface area contributed by atoms with Crippen LogP contribution in [0.25, 0.3) is 0 Å². The number of imidazole rings is 1. The molecule has 2 rings (SSSR count). The molecule has 1 aromatic heterocycles. The third-order valence-corrected chi connectivity index (χ3v) is 3.39. The van der Waals surface area contributed by atoms with Gasteiger partial charge in [0.1, 0.15) is 6.04 Å². The molecule has 7 nitrogen and oxygen atoms in total. The SMILES string of the molecule is COC(=O)[C@@H]1Cc2[nH]cnc2C(C(C)C)N1C(=O)O. The second kappa shape index (κ2) is 4.91. The van der Waals surface area contributed by atoms with Gasteiger partial charge in [0, 0.05) is 12.1 Å². The summed E-state index contributed by atoms with van der Waals surface area (Å²) in [6.45, 7) is 3.80. The van der Waals surface area contributed by atoms with E-state index >= 15 is 0 Å². The van der Waals surface area contributed by atoms with Crippen LogP contribution in [0.2, 0.25) is 0 Å². The van der Waals surface area contributed by atoms with Crippen LogP contribution in [0.3, 0.4) is 0 Å². The topological polar surface area (TPSA) is 95.5 Å². The summed E-state index contributed by atoms with van der Waals surface area (Å²) >= 11 is 0. The van der Waals surface area contributed by atoms with Gasteiger partial charge >= 0.3 is 12.1 Å². The molecule has 0 aliphatic carbocycles. The molecule has 0 aromatic carbocycles. The van der Waals surface area contributed by atoms with E-state index in [2.05, 4.69) is 9.97 Å². The number of methoxy groups -OCH3 is 1. The summed E-state index contributed by atoms with van der Waals surface area (Å²) in [5, 5.41) is 9.42. The van der Waals surface area contributed by atoms with Crippen LogP contribution in [0, 0.1) is 5.92 Å². The lowest BCUT2D eigenvalue weighted by Gasteiger charge is -2.39. The van der Waals surface area contributed by atoms with Crippen LogP contribution in [-0.2, 0) is 16.0 Å². The molecule has 2 N–H and O–H groups in total. The summed E-state index contributed by atoms with van der Waals surface area (Å²) in [5.74, 6) is -0.543. The van der Waals surface area contributed by atoms with Gasteiger partial charge in [-0.05, 0) is 5.92 Å². The number of carbonyl (C=O) groups is 2. The molecule has 0 saturated carbocycles. The molecule has 1 aliphatic heterocycles. The minimum atomic E-state index is -1.14. The average molecular weight is 267 g/mol. The van der Waals surface area contributed by atoms with E-state index in [9.17, 15) is 14.7 Å². The number of carboxylic acid groups (broad SMARTS) is 1. The van der Waals surface area contributed by atoms with Crippen molar-refractivity contribution in [3.8, 4) is 0 Å². The number of rotatable bonds is 2. The fourth-order valence-corrected chi connectivity index (χ4v) is 2.59. The van der Waals surface area contributed by atoms with Gasteiger partial charge in [0.05, 0.1) is 25.2 Å². The lowest BCUT2D eigenvalue weighted by molar-refractivity contribution is -0.148. The van der Waals surface area contributed by atoms with Crippen LogP contribution in [0.5, 0.6) is 0 Å². The molecule has 1 aromatic rings. The van der Waals surface area contributed by atoms with E-state index in [0.717, 1.165) is 10.6 Å². The summed E-state index contributed by atoms with van der Waals surface area (Å²) in [6.07, 6.45) is 0.653.